The molecule has 0 aliphatic heterocycles. The zero-order chi connectivity index (χ0) is 12.4. The summed E-state index contributed by atoms with van der Waals surface area (Å²) in [5.41, 5.74) is 0.846. The summed E-state index contributed by atoms with van der Waals surface area (Å²) in [6, 6.07) is 4.75. The fraction of sp³-hybridized carbons (Fsp3) is 0.0833. The lowest BCUT2D eigenvalue weighted by Gasteiger charge is -1.98. The molecular formula is C12H8F2N2S. The van der Waals surface area contributed by atoms with E-state index in [0.29, 0.717) is 32.5 Å². The van der Waals surface area contributed by atoms with Gasteiger partial charge in [-0.15, -0.1) is 11.3 Å². The number of hydrogen-bond donors (Lipinski definition) is 1. The summed E-state index contributed by atoms with van der Waals surface area (Å²) < 4.78 is 26.3. The van der Waals surface area contributed by atoms with Crippen LogP contribution >= 0.6 is 11.3 Å². The fourth-order valence-electron chi connectivity index (χ4n) is 1.69. The maximum absolute atomic E-state index is 13.6. The summed E-state index contributed by atoms with van der Waals surface area (Å²) in [5.74, 6) is -0.404. The van der Waals surface area contributed by atoms with Crippen LogP contribution in [-0.4, -0.2) is 7.05 Å². The van der Waals surface area contributed by atoms with Crippen molar-refractivity contribution in [1.82, 2.24) is 0 Å². The molecular weight excluding hydrogens is 242 g/mol. The molecule has 0 aliphatic rings. The van der Waals surface area contributed by atoms with E-state index in [1.165, 1.54) is 18.2 Å². The lowest BCUT2D eigenvalue weighted by atomic mass is 10.1. The second kappa shape index (κ2) is 4.52. The molecule has 17 heavy (non-hydrogen) atoms. The molecule has 1 aromatic heterocycles. The Hall–Kier alpha value is -1.93. The normalized spacial score (nSPS) is 10.9. The van der Waals surface area contributed by atoms with E-state index in [1.807, 2.05) is 6.07 Å². The predicted molar refractivity (Wildman–Crippen MR) is 66.2 cm³/mol. The van der Waals surface area contributed by atoms with Crippen molar-refractivity contribution in [3.63, 3.8) is 0 Å². The summed E-state index contributed by atoms with van der Waals surface area (Å²) in [5, 5.41) is 13.0. The minimum absolute atomic E-state index is 0.347. The second-order valence-electron chi connectivity index (χ2n) is 3.30. The van der Waals surface area contributed by atoms with Crippen LogP contribution < -0.4 is 5.32 Å². The Balaban J connectivity index is 2.92. The summed E-state index contributed by atoms with van der Waals surface area (Å²) in [7, 11) is 1.66. The van der Waals surface area contributed by atoms with E-state index in [-0.39, 0.29) is 0 Å². The molecule has 0 spiro atoms. The number of anilines is 1. The quantitative estimate of drug-likeness (QED) is 0.877. The van der Waals surface area contributed by atoms with Gasteiger partial charge in [0.1, 0.15) is 16.9 Å². The van der Waals surface area contributed by atoms with Gasteiger partial charge >= 0.3 is 0 Å². The molecule has 1 heterocycles. The van der Waals surface area contributed by atoms with E-state index in [0.717, 1.165) is 11.3 Å². The highest BCUT2D eigenvalue weighted by molar-refractivity contribution is 7.23. The highest BCUT2D eigenvalue weighted by Gasteiger charge is 2.16. The van der Waals surface area contributed by atoms with E-state index in [4.69, 9.17) is 5.26 Å². The van der Waals surface area contributed by atoms with Crippen molar-refractivity contribution < 1.29 is 8.78 Å². The average molecular weight is 250 g/mol. The average Bonchev–Trinajstić information content (AvgIpc) is 2.72. The van der Waals surface area contributed by atoms with Crippen LogP contribution in [0.3, 0.4) is 0 Å². The minimum Gasteiger partial charge on any atom is -0.379 e. The fourth-order valence-corrected chi connectivity index (χ4v) is 2.73. The first-order valence-electron chi connectivity index (χ1n) is 4.82. The molecule has 0 amide bonds. The number of fused-ring (bicyclic) bond motifs is 1. The van der Waals surface area contributed by atoms with E-state index >= 15 is 0 Å². The predicted octanol–water partition coefficient (Wildman–Crippen LogP) is 3.89. The smallest absolute Gasteiger partial charge is 0.141 e. The highest BCUT2D eigenvalue weighted by atomic mass is 32.1. The van der Waals surface area contributed by atoms with Gasteiger partial charge in [-0.3, -0.25) is 0 Å². The van der Waals surface area contributed by atoms with Crippen LogP contribution in [0, 0.1) is 17.1 Å². The van der Waals surface area contributed by atoms with E-state index in [1.54, 1.807) is 7.05 Å². The van der Waals surface area contributed by atoms with Gasteiger partial charge in [0.2, 0.25) is 0 Å². The Labute approximate surface area is 101 Å². The van der Waals surface area contributed by atoms with Gasteiger partial charge in [-0.05, 0) is 17.7 Å². The van der Waals surface area contributed by atoms with Crippen molar-refractivity contribution in [3.05, 3.63) is 35.4 Å². The van der Waals surface area contributed by atoms with Gasteiger partial charge in [0.05, 0.1) is 16.6 Å². The van der Waals surface area contributed by atoms with Crippen LogP contribution in [0.4, 0.5) is 13.8 Å². The number of rotatable bonds is 2. The maximum Gasteiger partial charge on any atom is 0.141 e. The second-order valence-corrected chi connectivity index (χ2v) is 4.32. The third kappa shape index (κ3) is 1.77. The van der Waals surface area contributed by atoms with Crippen molar-refractivity contribution in [2.75, 3.05) is 12.4 Å². The third-order valence-electron chi connectivity index (χ3n) is 2.40. The van der Waals surface area contributed by atoms with Crippen molar-refractivity contribution >= 4 is 32.5 Å². The Kier molecular flexibility index (Phi) is 3.07. The number of halogens is 2. The summed E-state index contributed by atoms with van der Waals surface area (Å²) in [4.78, 5) is 0. The molecule has 2 aromatic rings. The molecule has 0 fully saturated rings. The molecule has 86 valence electrons. The van der Waals surface area contributed by atoms with Crippen molar-refractivity contribution in [1.29, 1.82) is 5.26 Å². The molecule has 1 N–H and O–H groups in total. The molecule has 0 saturated carbocycles. The summed E-state index contributed by atoms with van der Waals surface area (Å²) in [6.07, 6.45) is 1.60. The molecule has 0 bridgehead atoms. The lowest BCUT2D eigenvalue weighted by molar-refractivity contribution is 0.641. The minimum atomic E-state index is -0.404. The molecule has 5 heteroatoms. The standard InChI is InChI=1S/C12H8F2N2S/c1-16-12-8(6-15)10-7(4-5-13)2-3-9(14)11(10)17-12/h2-5,16H,1H3/b5-4-. The summed E-state index contributed by atoms with van der Waals surface area (Å²) in [6.45, 7) is 0. The van der Waals surface area contributed by atoms with Crippen molar-refractivity contribution in [2.24, 2.45) is 0 Å². The van der Waals surface area contributed by atoms with Gasteiger partial charge in [0.15, 0.2) is 0 Å². The largest absolute Gasteiger partial charge is 0.379 e. The molecule has 0 atom stereocenters. The topological polar surface area (TPSA) is 35.8 Å². The first kappa shape index (κ1) is 11.6. The Bertz CT molecular complexity index is 638. The Morgan fingerprint density at radius 2 is 2.24 bits per heavy atom. The van der Waals surface area contributed by atoms with Crippen LogP contribution in [0.5, 0.6) is 0 Å². The monoisotopic (exact) mass is 250 g/mol. The Morgan fingerprint density at radius 1 is 1.47 bits per heavy atom. The molecule has 0 radical (unpaired) electrons. The van der Waals surface area contributed by atoms with Gasteiger partial charge in [0, 0.05) is 12.4 Å². The SMILES string of the molecule is CNc1sc2c(F)ccc(/C=C\F)c2c1C#N. The van der Waals surface area contributed by atoms with Crippen molar-refractivity contribution in [3.8, 4) is 6.07 Å². The van der Waals surface area contributed by atoms with E-state index in [9.17, 15) is 8.78 Å². The van der Waals surface area contributed by atoms with Crippen LogP contribution in [0.25, 0.3) is 16.2 Å². The first-order valence-corrected chi connectivity index (χ1v) is 5.64. The number of thiophene rings is 1. The van der Waals surface area contributed by atoms with Crippen LogP contribution in [-0.2, 0) is 0 Å². The van der Waals surface area contributed by atoms with Gasteiger partial charge < -0.3 is 5.32 Å². The number of hydrogen-bond acceptors (Lipinski definition) is 3. The molecule has 2 nitrogen and oxygen atoms in total. The first-order chi connectivity index (χ1) is 8.22. The van der Waals surface area contributed by atoms with E-state index < -0.39 is 5.82 Å². The van der Waals surface area contributed by atoms with Gasteiger partial charge in [-0.25, -0.2) is 8.78 Å². The zero-order valence-corrected chi connectivity index (χ0v) is 9.74. The highest BCUT2D eigenvalue weighted by Crippen LogP contribution is 2.38. The third-order valence-corrected chi connectivity index (χ3v) is 3.62. The molecule has 0 aliphatic carbocycles. The molecule has 0 unspecified atom stereocenters. The van der Waals surface area contributed by atoms with Gasteiger partial charge in [0.25, 0.3) is 0 Å². The molecule has 2 rings (SSSR count). The van der Waals surface area contributed by atoms with Crippen LogP contribution in [0.1, 0.15) is 11.1 Å². The van der Waals surface area contributed by atoms with Crippen molar-refractivity contribution in [2.45, 2.75) is 0 Å². The van der Waals surface area contributed by atoms with Gasteiger partial charge in [-0.2, -0.15) is 5.26 Å². The van der Waals surface area contributed by atoms with Gasteiger partial charge in [-0.1, -0.05) is 6.07 Å². The maximum atomic E-state index is 13.6. The number of nitriles is 1. The molecule has 1 aromatic carbocycles. The summed E-state index contributed by atoms with van der Waals surface area (Å²) >= 11 is 1.15. The molecule has 0 saturated heterocycles. The Morgan fingerprint density at radius 3 is 2.82 bits per heavy atom. The zero-order valence-electron chi connectivity index (χ0n) is 8.92. The number of benzene rings is 1. The van der Waals surface area contributed by atoms with E-state index in [2.05, 4.69) is 5.32 Å². The number of nitrogens with zero attached hydrogens (tertiary/aromatic N) is 1. The van der Waals surface area contributed by atoms with Crippen LogP contribution in [0.2, 0.25) is 0 Å². The van der Waals surface area contributed by atoms with Crippen LogP contribution in [0.15, 0.2) is 18.5 Å². The lowest BCUT2D eigenvalue weighted by Crippen LogP contribution is -1.87. The number of nitrogens with one attached hydrogen (secondary N) is 1.